The Hall–Kier alpha value is -0.690. The summed E-state index contributed by atoms with van der Waals surface area (Å²) in [6.07, 6.45) is 0.971. The Labute approximate surface area is 99.2 Å². The van der Waals surface area contributed by atoms with Crippen molar-refractivity contribution in [1.29, 1.82) is 5.26 Å². The highest BCUT2D eigenvalue weighted by atomic mass is 35.5. The van der Waals surface area contributed by atoms with E-state index in [0.717, 1.165) is 23.7 Å². The molecule has 1 aromatic rings. The maximum Gasteiger partial charge on any atom is 0.100 e. The van der Waals surface area contributed by atoms with Crippen molar-refractivity contribution in [1.82, 2.24) is 0 Å². The van der Waals surface area contributed by atoms with Crippen LogP contribution in [-0.2, 0) is 4.74 Å². The van der Waals surface area contributed by atoms with Gasteiger partial charge in [-0.25, -0.2) is 0 Å². The van der Waals surface area contributed by atoms with Crippen molar-refractivity contribution in [2.75, 3.05) is 19.5 Å². The molecule has 0 bridgehead atoms. The lowest BCUT2D eigenvalue weighted by Crippen LogP contribution is -1.91. The molecule has 0 saturated carbocycles. The van der Waals surface area contributed by atoms with E-state index in [1.54, 1.807) is 31.0 Å². The molecule has 0 amide bonds. The number of nitriles is 1. The van der Waals surface area contributed by atoms with Crippen molar-refractivity contribution in [3.05, 3.63) is 28.8 Å². The van der Waals surface area contributed by atoms with Crippen molar-refractivity contribution in [3.63, 3.8) is 0 Å². The van der Waals surface area contributed by atoms with Crippen molar-refractivity contribution >= 4 is 23.4 Å². The van der Waals surface area contributed by atoms with Crippen molar-refractivity contribution < 1.29 is 4.74 Å². The van der Waals surface area contributed by atoms with Gasteiger partial charge in [0, 0.05) is 29.4 Å². The van der Waals surface area contributed by atoms with Gasteiger partial charge in [-0.3, -0.25) is 0 Å². The lowest BCUT2D eigenvalue weighted by molar-refractivity contribution is 0.200. The summed E-state index contributed by atoms with van der Waals surface area (Å²) in [5.41, 5.74) is 0.682. The molecule has 0 unspecified atom stereocenters. The van der Waals surface area contributed by atoms with Crippen molar-refractivity contribution in [2.45, 2.75) is 11.3 Å². The SMILES string of the molecule is COCCCSc1cc(Cl)ccc1C#N. The number of methoxy groups -OCH3 is 1. The molecule has 80 valence electrons. The molecule has 0 aliphatic heterocycles. The maximum absolute atomic E-state index is 8.88. The number of hydrogen-bond donors (Lipinski definition) is 0. The molecule has 0 radical (unpaired) electrons. The van der Waals surface area contributed by atoms with E-state index < -0.39 is 0 Å². The molecular formula is C11H12ClNOS. The van der Waals surface area contributed by atoms with Crippen LogP contribution in [0.15, 0.2) is 23.1 Å². The first-order valence-corrected chi connectivity index (χ1v) is 5.95. The van der Waals surface area contributed by atoms with Crippen LogP contribution in [0.25, 0.3) is 0 Å². The van der Waals surface area contributed by atoms with Gasteiger partial charge in [0.15, 0.2) is 0 Å². The van der Waals surface area contributed by atoms with E-state index in [0.29, 0.717) is 10.6 Å². The molecule has 4 heteroatoms. The molecule has 0 aliphatic rings. The van der Waals surface area contributed by atoms with Crippen LogP contribution >= 0.6 is 23.4 Å². The smallest absolute Gasteiger partial charge is 0.100 e. The fraction of sp³-hybridized carbons (Fsp3) is 0.364. The Balaban J connectivity index is 2.59. The van der Waals surface area contributed by atoms with E-state index in [1.165, 1.54) is 0 Å². The average molecular weight is 242 g/mol. The van der Waals surface area contributed by atoms with Crippen LogP contribution in [0.3, 0.4) is 0 Å². The first-order valence-electron chi connectivity index (χ1n) is 4.59. The third-order valence-electron chi connectivity index (χ3n) is 1.81. The summed E-state index contributed by atoms with van der Waals surface area (Å²) in [6, 6.07) is 7.47. The van der Waals surface area contributed by atoms with Gasteiger partial charge in [0.2, 0.25) is 0 Å². The number of benzene rings is 1. The fourth-order valence-corrected chi connectivity index (χ4v) is 2.29. The van der Waals surface area contributed by atoms with Gasteiger partial charge in [0.05, 0.1) is 5.56 Å². The average Bonchev–Trinajstić information content (AvgIpc) is 2.25. The number of thioether (sulfide) groups is 1. The van der Waals surface area contributed by atoms with E-state index in [1.807, 2.05) is 6.07 Å². The molecule has 2 nitrogen and oxygen atoms in total. The van der Waals surface area contributed by atoms with Gasteiger partial charge in [-0.05, 0) is 24.6 Å². The lowest BCUT2D eigenvalue weighted by Gasteiger charge is -2.03. The van der Waals surface area contributed by atoms with Crippen LogP contribution in [0.2, 0.25) is 5.02 Å². The summed E-state index contributed by atoms with van der Waals surface area (Å²) in [4.78, 5) is 0.945. The highest BCUT2D eigenvalue weighted by Crippen LogP contribution is 2.26. The second-order valence-corrected chi connectivity index (χ2v) is 4.52. The molecular weight excluding hydrogens is 230 g/mol. The predicted molar refractivity (Wildman–Crippen MR) is 63.4 cm³/mol. The minimum atomic E-state index is 0.670. The number of nitrogens with zero attached hydrogens (tertiary/aromatic N) is 1. The minimum absolute atomic E-state index is 0.670. The molecule has 15 heavy (non-hydrogen) atoms. The third-order valence-corrected chi connectivity index (χ3v) is 3.19. The molecule has 0 atom stereocenters. The number of halogens is 1. The topological polar surface area (TPSA) is 33.0 Å². The molecule has 0 N–H and O–H groups in total. The second kappa shape index (κ2) is 6.73. The first kappa shape index (κ1) is 12.4. The van der Waals surface area contributed by atoms with Crippen LogP contribution in [0.4, 0.5) is 0 Å². The van der Waals surface area contributed by atoms with Crippen molar-refractivity contribution in [2.24, 2.45) is 0 Å². The molecule has 0 aliphatic carbocycles. The summed E-state index contributed by atoms with van der Waals surface area (Å²) < 4.78 is 4.96. The summed E-state index contributed by atoms with van der Waals surface area (Å²) in [5.74, 6) is 0.933. The molecule has 1 rings (SSSR count). The summed E-state index contributed by atoms with van der Waals surface area (Å²) in [6.45, 7) is 0.745. The largest absolute Gasteiger partial charge is 0.385 e. The van der Waals surface area contributed by atoms with Crippen LogP contribution in [0.1, 0.15) is 12.0 Å². The van der Waals surface area contributed by atoms with Gasteiger partial charge in [-0.15, -0.1) is 11.8 Å². The molecule has 0 spiro atoms. The lowest BCUT2D eigenvalue weighted by atomic mass is 10.2. The Kier molecular flexibility index (Phi) is 5.56. The molecule has 0 aromatic heterocycles. The number of rotatable bonds is 5. The van der Waals surface area contributed by atoms with E-state index >= 15 is 0 Å². The Morgan fingerprint density at radius 3 is 3.00 bits per heavy atom. The Morgan fingerprint density at radius 2 is 2.33 bits per heavy atom. The summed E-state index contributed by atoms with van der Waals surface area (Å²) in [7, 11) is 1.69. The second-order valence-electron chi connectivity index (χ2n) is 2.95. The van der Waals surface area contributed by atoms with E-state index in [9.17, 15) is 0 Å². The van der Waals surface area contributed by atoms with Gasteiger partial charge < -0.3 is 4.74 Å². The summed E-state index contributed by atoms with van der Waals surface area (Å²) >= 11 is 7.51. The zero-order valence-electron chi connectivity index (χ0n) is 8.50. The first-order chi connectivity index (χ1) is 7.27. The number of hydrogen-bond acceptors (Lipinski definition) is 3. The third kappa shape index (κ3) is 4.13. The Bertz CT molecular complexity index is 362. The normalized spacial score (nSPS) is 9.93. The number of ether oxygens (including phenoxy) is 1. The zero-order valence-corrected chi connectivity index (χ0v) is 10.1. The van der Waals surface area contributed by atoms with Crippen LogP contribution in [0, 0.1) is 11.3 Å². The highest BCUT2D eigenvalue weighted by Gasteiger charge is 2.03. The van der Waals surface area contributed by atoms with E-state index in [2.05, 4.69) is 6.07 Å². The monoisotopic (exact) mass is 241 g/mol. The zero-order chi connectivity index (χ0) is 11.1. The van der Waals surface area contributed by atoms with Crippen LogP contribution in [-0.4, -0.2) is 19.5 Å². The van der Waals surface area contributed by atoms with E-state index in [-0.39, 0.29) is 0 Å². The molecule has 1 aromatic carbocycles. The van der Waals surface area contributed by atoms with E-state index in [4.69, 9.17) is 21.6 Å². The highest BCUT2D eigenvalue weighted by molar-refractivity contribution is 7.99. The molecule has 0 saturated heterocycles. The molecule has 0 heterocycles. The van der Waals surface area contributed by atoms with Gasteiger partial charge in [0.25, 0.3) is 0 Å². The van der Waals surface area contributed by atoms with Crippen LogP contribution < -0.4 is 0 Å². The fourth-order valence-electron chi connectivity index (χ4n) is 1.09. The summed E-state index contributed by atoms with van der Waals surface area (Å²) in [5, 5.41) is 9.55. The standard InChI is InChI=1S/C11H12ClNOS/c1-14-5-2-6-15-11-7-10(12)4-3-9(11)8-13/h3-4,7H,2,5-6H2,1H3. The van der Waals surface area contributed by atoms with Gasteiger partial charge in [-0.1, -0.05) is 11.6 Å². The van der Waals surface area contributed by atoms with Gasteiger partial charge in [0.1, 0.15) is 6.07 Å². The van der Waals surface area contributed by atoms with Crippen molar-refractivity contribution in [3.8, 4) is 6.07 Å². The quantitative estimate of drug-likeness (QED) is 0.586. The van der Waals surface area contributed by atoms with Crippen LogP contribution in [0.5, 0.6) is 0 Å². The van der Waals surface area contributed by atoms with Gasteiger partial charge in [-0.2, -0.15) is 5.26 Å². The minimum Gasteiger partial charge on any atom is -0.385 e. The Morgan fingerprint density at radius 1 is 1.53 bits per heavy atom. The maximum atomic E-state index is 8.88. The van der Waals surface area contributed by atoms with Gasteiger partial charge >= 0.3 is 0 Å². The molecule has 0 fully saturated rings. The predicted octanol–water partition coefficient (Wildman–Crippen LogP) is 3.34.